The van der Waals surface area contributed by atoms with E-state index in [2.05, 4.69) is 9.97 Å². The summed E-state index contributed by atoms with van der Waals surface area (Å²) in [6.07, 6.45) is 5.12. The SMILES string of the molecule is NCc1ncccc1COc1cccnc1. The minimum absolute atomic E-state index is 0.423. The Bertz CT molecular complexity index is 445. The predicted octanol–water partition coefficient (Wildman–Crippen LogP) is 1.51. The van der Waals surface area contributed by atoms with Gasteiger partial charge in [0.05, 0.1) is 11.9 Å². The second-order valence-electron chi connectivity index (χ2n) is 3.29. The van der Waals surface area contributed by atoms with Crippen LogP contribution < -0.4 is 10.5 Å². The Morgan fingerprint density at radius 2 is 2.06 bits per heavy atom. The van der Waals surface area contributed by atoms with Crippen LogP contribution in [0.2, 0.25) is 0 Å². The molecule has 2 N–H and O–H groups in total. The number of rotatable bonds is 4. The van der Waals surface area contributed by atoms with Crippen molar-refractivity contribution >= 4 is 0 Å². The van der Waals surface area contributed by atoms with E-state index in [4.69, 9.17) is 10.5 Å². The van der Waals surface area contributed by atoms with E-state index in [1.807, 2.05) is 24.3 Å². The Balaban J connectivity index is 2.05. The van der Waals surface area contributed by atoms with Crippen molar-refractivity contribution in [2.24, 2.45) is 5.73 Å². The molecule has 0 bridgehead atoms. The highest BCUT2D eigenvalue weighted by atomic mass is 16.5. The summed E-state index contributed by atoms with van der Waals surface area (Å²) < 4.78 is 5.58. The average Bonchev–Trinajstić information content (AvgIpc) is 2.38. The minimum Gasteiger partial charge on any atom is -0.487 e. The van der Waals surface area contributed by atoms with Crippen molar-refractivity contribution in [3.8, 4) is 5.75 Å². The number of aromatic nitrogens is 2. The normalized spacial score (nSPS) is 10.1. The van der Waals surface area contributed by atoms with Crippen molar-refractivity contribution in [1.29, 1.82) is 0 Å². The fraction of sp³-hybridized carbons (Fsp3) is 0.167. The maximum Gasteiger partial charge on any atom is 0.138 e. The molecule has 0 aromatic carbocycles. The van der Waals surface area contributed by atoms with Gasteiger partial charge in [-0.3, -0.25) is 9.97 Å². The van der Waals surface area contributed by atoms with Crippen LogP contribution in [-0.2, 0) is 13.2 Å². The highest BCUT2D eigenvalue weighted by Gasteiger charge is 2.02. The molecule has 2 aromatic heterocycles. The number of ether oxygens (including phenoxy) is 1. The standard InChI is InChI=1S/C12H13N3O/c13-7-12-10(3-1-6-15-12)9-16-11-4-2-5-14-8-11/h1-6,8H,7,9,13H2. The van der Waals surface area contributed by atoms with E-state index < -0.39 is 0 Å². The molecule has 2 rings (SSSR count). The van der Waals surface area contributed by atoms with E-state index in [0.29, 0.717) is 13.2 Å². The van der Waals surface area contributed by atoms with Crippen LogP contribution in [0.25, 0.3) is 0 Å². The summed E-state index contributed by atoms with van der Waals surface area (Å²) in [5.74, 6) is 0.745. The van der Waals surface area contributed by atoms with Crippen LogP contribution in [0.3, 0.4) is 0 Å². The summed E-state index contributed by atoms with van der Waals surface area (Å²) in [7, 11) is 0. The molecule has 2 aromatic rings. The largest absolute Gasteiger partial charge is 0.487 e. The van der Waals surface area contributed by atoms with Crippen molar-refractivity contribution in [1.82, 2.24) is 9.97 Å². The predicted molar refractivity (Wildman–Crippen MR) is 60.7 cm³/mol. The van der Waals surface area contributed by atoms with Crippen LogP contribution in [0.4, 0.5) is 0 Å². The summed E-state index contributed by atoms with van der Waals surface area (Å²) in [6.45, 7) is 0.888. The van der Waals surface area contributed by atoms with Crippen molar-refractivity contribution in [3.63, 3.8) is 0 Å². The zero-order chi connectivity index (χ0) is 11.2. The van der Waals surface area contributed by atoms with Crippen LogP contribution in [0.1, 0.15) is 11.3 Å². The summed E-state index contributed by atoms with van der Waals surface area (Å²) in [4.78, 5) is 8.16. The highest BCUT2D eigenvalue weighted by Crippen LogP contribution is 2.11. The Morgan fingerprint density at radius 1 is 1.19 bits per heavy atom. The van der Waals surface area contributed by atoms with Gasteiger partial charge in [0.15, 0.2) is 0 Å². The third kappa shape index (κ3) is 2.55. The van der Waals surface area contributed by atoms with Crippen LogP contribution in [0, 0.1) is 0 Å². The van der Waals surface area contributed by atoms with E-state index in [1.165, 1.54) is 0 Å². The number of hydrogen-bond donors (Lipinski definition) is 1. The van der Waals surface area contributed by atoms with Crippen LogP contribution >= 0.6 is 0 Å². The number of pyridine rings is 2. The second kappa shape index (κ2) is 5.23. The van der Waals surface area contributed by atoms with Gasteiger partial charge >= 0.3 is 0 Å². The molecule has 0 radical (unpaired) electrons. The van der Waals surface area contributed by atoms with Crippen molar-refractivity contribution in [2.45, 2.75) is 13.2 Å². The molecule has 4 nitrogen and oxygen atoms in total. The summed E-state index contributed by atoms with van der Waals surface area (Å²) >= 11 is 0. The molecule has 0 unspecified atom stereocenters. The first-order chi connectivity index (χ1) is 7.90. The first-order valence-corrected chi connectivity index (χ1v) is 5.06. The van der Waals surface area contributed by atoms with Crippen LogP contribution in [0.15, 0.2) is 42.9 Å². The Morgan fingerprint density at radius 3 is 2.81 bits per heavy atom. The van der Waals surface area contributed by atoms with Gasteiger partial charge in [0.25, 0.3) is 0 Å². The molecule has 16 heavy (non-hydrogen) atoms. The molecule has 0 saturated carbocycles. The molecule has 0 atom stereocenters. The average molecular weight is 215 g/mol. The molecular formula is C12H13N3O. The zero-order valence-corrected chi connectivity index (χ0v) is 8.84. The first-order valence-electron chi connectivity index (χ1n) is 5.06. The molecule has 4 heteroatoms. The third-order valence-electron chi connectivity index (χ3n) is 2.21. The van der Waals surface area contributed by atoms with Gasteiger partial charge in [0, 0.05) is 24.5 Å². The lowest BCUT2D eigenvalue weighted by molar-refractivity contribution is 0.303. The monoisotopic (exact) mass is 215 g/mol. The first kappa shape index (κ1) is 10.6. The molecule has 0 aliphatic heterocycles. The van der Waals surface area contributed by atoms with Gasteiger partial charge in [0.1, 0.15) is 12.4 Å². The van der Waals surface area contributed by atoms with E-state index in [0.717, 1.165) is 17.0 Å². The lowest BCUT2D eigenvalue weighted by Gasteiger charge is -2.08. The zero-order valence-electron chi connectivity index (χ0n) is 8.84. The molecule has 0 aliphatic carbocycles. The van der Waals surface area contributed by atoms with E-state index in [9.17, 15) is 0 Å². The van der Waals surface area contributed by atoms with Crippen LogP contribution in [0.5, 0.6) is 5.75 Å². The fourth-order valence-corrected chi connectivity index (χ4v) is 1.38. The summed E-state index contributed by atoms with van der Waals surface area (Å²) in [5, 5.41) is 0. The molecule has 0 amide bonds. The smallest absolute Gasteiger partial charge is 0.138 e. The van der Waals surface area contributed by atoms with Gasteiger partial charge in [-0.2, -0.15) is 0 Å². The van der Waals surface area contributed by atoms with E-state index in [1.54, 1.807) is 18.6 Å². The molecule has 2 heterocycles. The van der Waals surface area contributed by atoms with Gasteiger partial charge in [0.2, 0.25) is 0 Å². The highest BCUT2D eigenvalue weighted by molar-refractivity contribution is 5.21. The van der Waals surface area contributed by atoms with Crippen molar-refractivity contribution < 1.29 is 4.74 Å². The molecular weight excluding hydrogens is 202 g/mol. The summed E-state index contributed by atoms with van der Waals surface area (Å²) in [6, 6.07) is 7.54. The van der Waals surface area contributed by atoms with Crippen molar-refractivity contribution in [3.05, 3.63) is 54.1 Å². The Hall–Kier alpha value is -1.94. The Kier molecular flexibility index (Phi) is 3.46. The van der Waals surface area contributed by atoms with E-state index in [-0.39, 0.29) is 0 Å². The molecule has 0 spiro atoms. The molecule has 0 aliphatic rings. The minimum atomic E-state index is 0.423. The van der Waals surface area contributed by atoms with Gasteiger partial charge in [-0.1, -0.05) is 6.07 Å². The lowest BCUT2D eigenvalue weighted by atomic mass is 10.2. The molecule has 0 fully saturated rings. The van der Waals surface area contributed by atoms with Gasteiger partial charge in [-0.25, -0.2) is 0 Å². The van der Waals surface area contributed by atoms with Gasteiger partial charge in [-0.05, 0) is 18.2 Å². The number of nitrogens with zero attached hydrogens (tertiary/aromatic N) is 2. The third-order valence-corrected chi connectivity index (χ3v) is 2.21. The quantitative estimate of drug-likeness (QED) is 0.839. The van der Waals surface area contributed by atoms with Crippen molar-refractivity contribution in [2.75, 3.05) is 0 Å². The van der Waals surface area contributed by atoms with Gasteiger partial charge < -0.3 is 10.5 Å². The topological polar surface area (TPSA) is 61.0 Å². The fourth-order valence-electron chi connectivity index (χ4n) is 1.38. The maximum absolute atomic E-state index is 5.59. The summed E-state index contributed by atoms with van der Waals surface area (Å²) in [5.41, 5.74) is 7.46. The number of hydrogen-bond acceptors (Lipinski definition) is 4. The van der Waals surface area contributed by atoms with E-state index >= 15 is 0 Å². The maximum atomic E-state index is 5.59. The number of nitrogens with two attached hydrogens (primary N) is 1. The van der Waals surface area contributed by atoms with Crippen LogP contribution in [-0.4, -0.2) is 9.97 Å². The van der Waals surface area contributed by atoms with Gasteiger partial charge in [-0.15, -0.1) is 0 Å². The lowest BCUT2D eigenvalue weighted by Crippen LogP contribution is -2.06. The Labute approximate surface area is 94.1 Å². The second-order valence-corrected chi connectivity index (χ2v) is 3.29. The molecule has 82 valence electrons. The molecule has 0 saturated heterocycles.